The Bertz CT molecular complexity index is 1590. The van der Waals surface area contributed by atoms with Gasteiger partial charge in [0.2, 0.25) is 0 Å². The number of hydrogen-bond donors (Lipinski definition) is 2. The van der Waals surface area contributed by atoms with Crippen LogP contribution >= 0.6 is 0 Å². The van der Waals surface area contributed by atoms with E-state index in [2.05, 4.69) is 91.0 Å². The van der Waals surface area contributed by atoms with E-state index >= 15 is 0 Å². The average Bonchev–Trinajstić information content (AvgIpc) is 3.36. The van der Waals surface area contributed by atoms with Crippen LogP contribution in [-0.2, 0) is 5.41 Å². The maximum absolute atomic E-state index is 10.3. The van der Waals surface area contributed by atoms with Gasteiger partial charge >= 0.3 is 7.12 Å². The van der Waals surface area contributed by atoms with Crippen LogP contribution in [0.1, 0.15) is 22.3 Å². The summed E-state index contributed by atoms with van der Waals surface area (Å²) in [6.07, 6.45) is 0. The van der Waals surface area contributed by atoms with Gasteiger partial charge in [-0.2, -0.15) is 0 Å². The van der Waals surface area contributed by atoms with Gasteiger partial charge in [0.1, 0.15) is 0 Å². The largest absolute Gasteiger partial charge is 0.489 e. The number of rotatable bonds is 2. The lowest BCUT2D eigenvalue weighted by atomic mass is 9.68. The summed E-state index contributed by atoms with van der Waals surface area (Å²) in [5, 5.41) is 20.6. The minimum Gasteiger partial charge on any atom is -0.423 e. The van der Waals surface area contributed by atoms with E-state index in [4.69, 9.17) is 0 Å². The van der Waals surface area contributed by atoms with E-state index in [0.29, 0.717) is 5.46 Å². The fourth-order valence-corrected chi connectivity index (χ4v) is 6.24. The van der Waals surface area contributed by atoms with Crippen LogP contribution in [0, 0.1) is 0 Å². The molecule has 0 saturated carbocycles. The highest BCUT2D eigenvalue weighted by atomic mass is 16.4. The highest BCUT2D eigenvalue weighted by Crippen LogP contribution is 2.62. The Kier molecular flexibility index (Phi) is 4.05. The van der Waals surface area contributed by atoms with Crippen LogP contribution in [0.4, 0.5) is 0 Å². The fourth-order valence-electron chi connectivity index (χ4n) is 6.24. The molecule has 34 heavy (non-hydrogen) atoms. The first-order valence-electron chi connectivity index (χ1n) is 11.6. The minimum atomic E-state index is -1.54. The van der Waals surface area contributed by atoms with Gasteiger partial charge in [-0.1, -0.05) is 109 Å². The van der Waals surface area contributed by atoms with Crippen molar-refractivity contribution < 1.29 is 10.0 Å². The van der Waals surface area contributed by atoms with Crippen molar-refractivity contribution in [2.24, 2.45) is 0 Å². The van der Waals surface area contributed by atoms with Gasteiger partial charge in [0.25, 0.3) is 0 Å². The maximum atomic E-state index is 10.3. The molecule has 3 heteroatoms. The molecule has 5 aromatic carbocycles. The fraction of sp³-hybridized carbons (Fsp3) is 0.0323. The molecule has 0 aliphatic heterocycles. The average molecular weight is 436 g/mol. The van der Waals surface area contributed by atoms with Gasteiger partial charge in [0.15, 0.2) is 0 Å². The molecule has 2 aliphatic carbocycles. The molecule has 0 heterocycles. The zero-order valence-corrected chi connectivity index (χ0v) is 18.4. The van der Waals surface area contributed by atoms with Crippen LogP contribution in [0.3, 0.4) is 0 Å². The van der Waals surface area contributed by atoms with Gasteiger partial charge < -0.3 is 10.0 Å². The van der Waals surface area contributed by atoms with E-state index in [-0.39, 0.29) is 0 Å². The zero-order chi connectivity index (χ0) is 22.9. The van der Waals surface area contributed by atoms with Gasteiger partial charge in [-0.25, -0.2) is 0 Å². The molecule has 1 unspecified atom stereocenters. The summed E-state index contributed by atoms with van der Waals surface area (Å²) >= 11 is 0. The predicted octanol–water partition coefficient (Wildman–Crippen LogP) is 5.38. The first-order valence-corrected chi connectivity index (χ1v) is 11.6. The lowest BCUT2D eigenvalue weighted by Crippen LogP contribution is -2.33. The van der Waals surface area contributed by atoms with E-state index in [9.17, 15) is 10.0 Å². The molecule has 2 nitrogen and oxygen atoms in total. The Morgan fingerprint density at radius 3 is 1.85 bits per heavy atom. The third kappa shape index (κ3) is 2.38. The molecule has 1 atom stereocenters. The second kappa shape index (κ2) is 7.04. The van der Waals surface area contributed by atoms with Gasteiger partial charge in [-0.05, 0) is 67.2 Å². The molecule has 160 valence electrons. The molecule has 7 rings (SSSR count). The quantitative estimate of drug-likeness (QED) is 0.358. The standard InChI is InChI=1S/C31H21BO2/c33-32(34)29-16-8-15-27-30(29)24-12-5-7-14-26(24)31(27)25-13-6-4-11-22(25)23-18-17-21(19-28(23)31)20-9-2-1-3-10-20/h1-19,33-34H. The van der Waals surface area contributed by atoms with E-state index in [1.807, 2.05) is 24.3 Å². The Morgan fingerprint density at radius 1 is 0.471 bits per heavy atom. The van der Waals surface area contributed by atoms with Gasteiger partial charge in [0, 0.05) is 0 Å². The van der Waals surface area contributed by atoms with E-state index in [0.717, 1.165) is 16.7 Å². The zero-order valence-electron chi connectivity index (χ0n) is 18.4. The summed E-state index contributed by atoms with van der Waals surface area (Å²) in [7, 11) is -1.54. The second-order valence-electron chi connectivity index (χ2n) is 9.11. The van der Waals surface area contributed by atoms with Crippen molar-refractivity contribution in [3.63, 3.8) is 0 Å². The second-order valence-corrected chi connectivity index (χ2v) is 9.11. The van der Waals surface area contributed by atoms with Crippen molar-refractivity contribution in [3.8, 4) is 33.4 Å². The maximum Gasteiger partial charge on any atom is 0.489 e. The van der Waals surface area contributed by atoms with Crippen LogP contribution in [0.5, 0.6) is 0 Å². The smallest absolute Gasteiger partial charge is 0.423 e. The van der Waals surface area contributed by atoms with Crippen molar-refractivity contribution in [1.82, 2.24) is 0 Å². The predicted molar refractivity (Wildman–Crippen MR) is 138 cm³/mol. The molecular formula is C31H21BO2. The van der Waals surface area contributed by atoms with Crippen LogP contribution in [0.2, 0.25) is 0 Å². The van der Waals surface area contributed by atoms with E-state index in [1.165, 1.54) is 38.9 Å². The van der Waals surface area contributed by atoms with Crippen molar-refractivity contribution in [2.75, 3.05) is 0 Å². The highest BCUT2D eigenvalue weighted by Gasteiger charge is 2.52. The minimum absolute atomic E-state index is 0.506. The summed E-state index contributed by atoms with van der Waals surface area (Å²) < 4.78 is 0. The molecule has 0 aromatic heterocycles. The van der Waals surface area contributed by atoms with Crippen molar-refractivity contribution in [1.29, 1.82) is 0 Å². The first-order chi connectivity index (χ1) is 16.7. The van der Waals surface area contributed by atoms with Gasteiger partial charge in [-0.3, -0.25) is 0 Å². The molecule has 0 radical (unpaired) electrons. The molecule has 0 saturated heterocycles. The lowest BCUT2D eigenvalue weighted by molar-refractivity contribution is 0.426. The lowest BCUT2D eigenvalue weighted by Gasteiger charge is -2.31. The molecule has 0 amide bonds. The SMILES string of the molecule is OB(O)c1cccc2c1-c1ccccc1C21c2ccccc2-c2ccc(-c3ccccc3)cc21. The number of hydrogen-bond acceptors (Lipinski definition) is 2. The molecule has 2 aliphatic rings. The van der Waals surface area contributed by atoms with Crippen molar-refractivity contribution in [3.05, 3.63) is 138 Å². The van der Waals surface area contributed by atoms with Crippen LogP contribution in [0.25, 0.3) is 33.4 Å². The highest BCUT2D eigenvalue weighted by molar-refractivity contribution is 6.60. The van der Waals surface area contributed by atoms with Crippen molar-refractivity contribution in [2.45, 2.75) is 5.41 Å². The first kappa shape index (κ1) is 19.5. The van der Waals surface area contributed by atoms with E-state index < -0.39 is 12.5 Å². The van der Waals surface area contributed by atoms with E-state index in [1.54, 1.807) is 0 Å². The Morgan fingerprint density at radius 2 is 1.09 bits per heavy atom. The van der Waals surface area contributed by atoms with Crippen LogP contribution in [-0.4, -0.2) is 17.2 Å². The Labute approximate surface area is 198 Å². The topological polar surface area (TPSA) is 40.5 Å². The molecule has 0 bridgehead atoms. The summed E-state index contributed by atoms with van der Waals surface area (Å²) in [4.78, 5) is 0. The van der Waals surface area contributed by atoms with Crippen LogP contribution in [0.15, 0.2) is 115 Å². The molecule has 0 fully saturated rings. The third-order valence-electron chi connectivity index (χ3n) is 7.53. The Balaban J connectivity index is 1.65. The molecule has 1 spiro atoms. The summed E-state index contributed by atoms with van der Waals surface area (Å²) in [5.74, 6) is 0. The third-order valence-corrected chi connectivity index (χ3v) is 7.53. The number of benzene rings is 5. The van der Waals surface area contributed by atoms with Gasteiger partial charge in [0.05, 0.1) is 5.41 Å². The van der Waals surface area contributed by atoms with Crippen molar-refractivity contribution >= 4 is 12.6 Å². The summed E-state index contributed by atoms with van der Waals surface area (Å²) in [6.45, 7) is 0. The summed E-state index contributed by atoms with van der Waals surface area (Å²) in [5.41, 5.74) is 11.6. The monoisotopic (exact) mass is 436 g/mol. The molecular weight excluding hydrogens is 415 g/mol. The van der Waals surface area contributed by atoms with Gasteiger partial charge in [-0.15, -0.1) is 0 Å². The molecule has 2 N–H and O–H groups in total. The van der Waals surface area contributed by atoms with Crippen LogP contribution < -0.4 is 5.46 Å². The summed E-state index contributed by atoms with van der Waals surface area (Å²) in [6, 6.07) is 40.2. The molecule has 5 aromatic rings. The number of fused-ring (bicyclic) bond motifs is 10. The normalized spacial score (nSPS) is 16.6. The Hall–Kier alpha value is -3.92.